The third-order valence-electron chi connectivity index (χ3n) is 3.40. The lowest BCUT2D eigenvalue weighted by atomic mass is 10.2. The molecule has 1 aromatic carbocycles. The molecule has 1 heterocycles. The van der Waals surface area contributed by atoms with Gasteiger partial charge in [-0.1, -0.05) is 6.92 Å². The molecule has 0 radical (unpaired) electrons. The minimum atomic E-state index is -3.76. The highest BCUT2D eigenvalue weighted by Crippen LogP contribution is 2.24. The number of aromatic carboxylic acids is 1. The van der Waals surface area contributed by atoms with E-state index in [-0.39, 0.29) is 23.1 Å². The van der Waals surface area contributed by atoms with E-state index in [1.165, 1.54) is 12.1 Å². The van der Waals surface area contributed by atoms with E-state index in [1.54, 1.807) is 6.92 Å². The number of anilines is 1. The fourth-order valence-electron chi connectivity index (χ4n) is 2.32. The first-order chi connectivity index (χ1) is 10.4. The van der Waals surface area contributed by atoms with Gasteiger partial charge in [0, 0.05) is 19.7 Å². The molecular weight excluding hydrogens is 308 g/mol. The maximum absolute atomic E-state index is 12.2. The maximum atomic E-state index is 12.2. The predicted octanol–water partition coefficient (Wildman–Crippen LogP) is 1.27. The van der Waals surface area contributed by atoms with Gasteiger partial charge in [0.2, 0.25) is 10.0 Å². The van der Waals surface area contributed by atoms with E-state index < -0.39 is 16.0 Å². The predicted molar refractivity (Wildman–Crippen MR) is 81.7 cm³/mol. The fourth-order valence-corrected chi connectivity index (χ4v) is 3.57. The van der Waals surface area contributed by atoms with Crippen LogP contribution in [0, 0.1) is 0 Å². The molecule has 0 saturated carbocycles. The number of hydrogen-bond acceptors (Lipinski definition) is 5. The summed E-state index contributed by atoms with van der Waals surface area (Å²) in [5.74, 6) is -1.17. The molecule has 0 bridgehead atoms. The molecule has 122 valence electrons. The Labute approximate surface area is 129 Å². The van der Waals surface area contributed by atoms with Crippen LogP contribution < -0.4 is 10.0 Å². The Bertz CT molecular complexity index is 639. The topological polar surface area (TPSA) is 105 Å². The molecule has 22 heavy (non-hydrogen) atoms. The molecule has 0 aliphatic carbocycles. The Morgan fingerprint density at radius 3 is 2.82 bits per heavy atom. The Balaban J connectivity index is 2.28. The molecule has 3 N–H and O–H groups in total. The van der Waals surface area contributed by atoms with Crippen molar-refractivity contribution >= 4 is 21.7 Å². The summed E-state index contributed by atoms with van der Waals surface area (Å²) in [5.41, 5.74) is 0.306. The average molecular weight is 328 g/mol. The molecule has 0 unspecified atom stereocenters. The first-order valence-electron chi connectivity index (χ1n) is 7.16. The minimum Gasteiger partial charge on any atom is -0.478 e. The van der Waals surface area contributed by atoms with Gasteiger partial charge in [-0.15, -0.1) is 0 Å². The van der Waals surface area contributed by atoms with Crippen LogP contribution in [0.5, 0.6) is 0 Å². The van der Waals surface area contributed by atoms with Gasteiger partial charge >= 0.3 is 5.97 Å². The van der Waals surface area contributed by atoms with Gasteiger partial charge in [0.25, 0.3) is 0 Å². The first-order valence-corrected chi connectivity index (χ1v) is 8.65. The summed E-state index contributed by atoms with van der Waals surface area (Å²) in [6.07, 6.45) is 1.97. The standard InChI is InChI=1S/C14H20N2O5S/c1-2-16-22(19,20)13-8-10(14(17)18)5-6-12(13)15-9-11-4-3-7-21-11/h5-6,8,11,15-16H,2-4,7,9H2,1H3,(H,17,18)/t11-/m1/s1. The first kappa shape index (κ1) is 16.7. The lowest BCUT2D eigenvalue weighted by Crippen LogP contribution is -2.26. The highest BCUT2D eigenvalue weighted by molar-refractivity contribution is 7.89. The third kappa shape index (κ3) is 3.96. The summed E-state index contributed by atoms with van der Waals surface area (Å²) < 4.78 is 32.4. The number of hydrogen-bond donors (Lipinski definition) is 3. The molecule has 8 heteroatoms. The van der Waals surface area contributed by atoms with Crippen LogP contribution in [0.3, 0.4) is 0 Å². The number of benzene rings is 1. The van der Waals surface area contributed by atoms with E-state index in [0.717, 1.165) is 18.9 Å². The molecule has 1 atom stereocenters. The zero-order valence-corrected chi connectivity index (χ0v) is 13.1. The smallest absolute Gasteiger partial charge is 0.335 e. The van der Waals surface area contributed by atoms with Crippen molar-refractivity contribution in [2.45, 2.75) is 30.8 Å². The molecular formula is C14H20N2O5S. The lowest BCUT2D eigenvalue weighted by Gasteiger charge is -2.16. The zero-order valence-electron chi connectivity index (χ0n) is 12.3. The normalized spacial score (nSPS) is 18.3. The van der Waals surface area contributed by atoms with Crippen LogP contribution in [0.2, 0.25) is 0 Å². The third-order valence-corrected chi connectivity index (χ3v) is 4.98. The van der Waals surface area contributed by atoms with Crippen molar-refractivity contribution in [3.63, 3.8) is 0 Å². The van der Waals surface area contributed by atoms with E-state index >= 15 is 0 Å². The van der Waals surface area contributed by atoms with Gasteiger partial charge in [-0.25, -0.2) is 17.9 Å². The van der Waals surface area contributed by atoms with E-state index in [9.17, 15) is 13.2 Å². The van der Waals surface area contributed by atoms with Crippen molar-refractivity contribution in [2.24, 2.45) is 0 Å². The molecule has 1 saturated heterocycles. The fraction of sp³-hybridized carbons (Fsp3) is 0.500. The molecule has 1 fully saturated rings. The molecule has 1 aliphatic heterocycles. The van der Waals surface area contributed by atoms with Gasteiger partial charge in [-0.05, 0) is 31.0 Å². The minimum absolute atomic E-state index is 0.0499. The van der Waals surface area contributed by atoms with Crippen molar-refractivity contribution in [3.05, 3.63) is 23.8 Å². The van der Waals surface area contributed by atoms with Crippen molar-refractivity contribution in [2.75, 3.05) is 25.0 Å². The lowest BCUT2D eigenvalue weighted by molar-refractivity contribution is 0.0696. The second kappa shape index (κ2) is 7.08. The highest BCUT2D eigenvalue weighted by Gasteiger charge is 2.21. The Hall–Kier alpha value is -1.64. The van der Waals surface area contributed by atoms with Crippen LogP contribution in [0.15, 0.2) is 23.1 Å². The molecule has 7 nitrogen and oxygen atoms in total. The summed E-state index contributed by atoms with van der Waals surface area (Å²) in [5, 5.41) is 12.1. The quantitative estimate of drug-likeness (QED) is 0.696. The number of carbonyl (C=O) groups is 1. The number of carboxylic acid groups (broad SMARTS) is 1. The van der Waals surface area contributed by atoms with Crippen LogP contribution in [-0.2, 0) is 14.8 Å². The molecule has 2 rings (SSSR count). The monoisotopic (exact) mass is 328 g/mol. The van der Waals surface area contributed by atoms with Gasteiger partial charge in [-0.2, -0.15) is 0 Å². The van der Waals surface area contributed by atoms with E-state index in [2.05, 4.69) is 10.0 Å². The summed E-state index contributed by atoms with van der Waals surface area (Å²) in [6.45, 7) is 3.09. The van der Waals surface area contributed by atoms with Crippen molar-refractivity contribution in [1.82, 2.24) is 4.72 Å². The molecule has 0 spiro atoms. The molecule has 1 aliphatic rings. The maximum Gasteiger partial charge on any atom is 0.335 e. The summed E-state index contributed by atoms with van der Waals surface area (Å²) in [6, 6.07) is 4.02. The Morgan fingerprint density at radius 2 is 2.23 bits per heavy atom. The van der Waals surface area contributed by atoms with Gasteiger partial charge < -0.3 is 15.2 Å². The van der Waals surface area contributed by atoms with Crippen molar-refractivity contribution < 1.29 is 23.1 Å². The number of sulfonamides is 1. The van der Waals surface area contributed by atoms with Crippen molar-refractivity contribution in [3.8, 4) is 0 Å². The van der Waals surface area contributed by atoms with E-state index in [1.807, 2.05) is 0 Å². The van der Waals surface area contributed by atoms with Gasteiger partial charge in [-0.3, -0.25) is 0 Å². The van der Waals surface area contributed by atoms with Gasteiger partial charge in [0.15, 0.2) is 0 Å². The second-order valence-electron chi connectivity index (χ2n) is 5.03. The number of carboxylic acids is 1. The average Bonchev–Trinajstić information content (AvgIpc) is 2.98. The number of nitrogens with one attached hydrogen (secondary N) is 2. The molecule has 0 amide bonds. The summed E-state index contributed by atoms with van der Waals surface area (Å²) in [7, 11) is -3.76. The number of ether oxygens (including phenoxy) is 1. The van der Waals surface area contributed by atoms with Crippen molar-refractivity contribution in [1.29, 1.82) is 0 Å². The van der Waals surface area contributed by atoms with Gasteiger partial charge in [0.05, 0.1) is 17.4 Å². The van der Waals surface area contributed by atoms with Gasteiger partial charge in [0.1, 0.15) is 4.90 Å². The Kier molecular flexibility index (Phi) is 5.38. The highest BCUT2D eigenvalue weighted by atomic mass is 32.2. The summed E-state index contributed by atoms with van der Waals surface area (Å²) >= 11 is 0. The SMILES string of the molecule is CCNS(=O)(=O)c1cc(C(=O)O)ccc1NC[C@H]1CCCO1. The van der Waals surface area contributed by atoms with E-state index in [4.69, 9.17) is 9.84 Å². The molecule has 1 aromatic rings. The zero-order chi connectivity index (χ0) is 16.2. The van der Waals surface area contributed by atoms with Crippen LogP contribution in [0.1, 0.15) is 30.1 Å². The van der Waals surface area contributed by atoms with Crippen LogP contribution in [0.25, 0.3) is 0 Å². The van der Waals surface area contributed by atoms with E-state index in [0.29, 0.717) is 18.8 Å². The van der Waals surface area contributed by atoms with Crippen LogP contribution in [0.4, 0.5) is 5.69 Å². The number of rotatable bonds is 7. The summed E-state index contributed by atoms with van der Waals surface area (Å²) in [4.78, 5) is 11.0. The second-order valence-corrected chi connectivity index (χ2v) is 6.77. The van der Waals surface area contributed by atoms with Crippen LogP contribution in [-0.4, -0.2) is 45.3 Å². The Morgan fingerprint density at radius 1 is 1.45 bits per heavy atom. The largest absolute Gasteiger partial charge is 0.478 e. The molecule has 0 aromatic heterocycles. The van der Waals surface area contributed by atoms with Crippen LogP contribution >= 0.6 is 0 Å².